The summed E-state index contributed by atoms with van der Waals surface area (Å²) in [5, 5.41) is 1.11. The Balaban J connectivity index is 2.74. The third-order valence-electron chi connectivity index (χ3n) is 2.75. The van der Waals surface area contributed by atoms with Crippen LogP contribution in [0.15, 0.2) is 18.2 Å². The van der Waals surface area contributed by atoms with E-state index in [9.17, 15) is 4.39 Å². The lowest BCUT2D eigenvalue weighted by molar-refractivity contribution is 0.626. The lowest BCUT2D eigenvalue weighted by Crippen LogP contribution is -2.10. The maximum absolute atomic E-state index is 13.3. The minimum atomic E-state index is -0.184. The van der Waals surface area contributed by atoms with Crippen molar-refractivity contribution in [3.63, 3.8) is 0 Å². The van der Waals surface area contributed by atoms with Crippen molar-refractivity contribution in [2.45, 2.75) is 20.4 Å². The highest BCUT2D eigenvalue weighted by Crippen LogP contribution is 2.24. The minimum absolute atomic E-state index is 0.184. The van der Waals surface area contributed by atoms with Gasteiger partial charge in [0.25, 0.3) is 0 Å². The third kappa shape index (κ3) is 1.63. The SMILES string of the molecule is Cc1cc(F)cc2c1cc(C)n2CCN. The van der Waals surface area contributed by atoms with Gasteiger partial charge in [0.1, 0.15) is 5.82 Å². The first-order chi connectivity index (χ1) is 7.13. The number of benzene rings is 1. The van der Waals surface area contributed by atoms with Crippen LogP contribution >= 0.6 is 0 Å². The Hall–Kier alpha value is -1.35. The minimum Gasteiger partial charge on any atom is -0.344 e. The van der Waals surface area contributed by atoms with Gasteiger partial charge >= 0.3 is 0 Å². The smallest absolute Gasteiger partial charge is 0.125 e. The van der Waals surface area contributed by atoms with E-state index in [0.717, 1.165) is 28.7 Å². The topological polar surface area (TPSA) is 30.9 Å². The van der Waals surface area contributed by atoms with Crippen LogP contribution in [0.4, 0.5) is 4.39 Å². The van der Waals surface area contributed by atoms with Crippen LogP contribution in [0.1, 0.15) is 11.3 Å². The quantitative estimate of drug-likeness (QED) is 0.803. The lowest BCUT2D eigenvalue weighted by Gasteiger charge is -2.06. The van der Waals surface area contributed by atoms with Gasteiger partial charge in [-0.05, 0) is 37.6 Å². The summed E-state index contributed by atoms with van der Waals surface area (Å²) in [6, 6.07) is 5.22. The number of hydrogen-bond acceptors (Lipinski definition) is 1. The Morgan fingerprint density at radius 2 is 2.00 bits per heavy atom. The second-order valence-electron chi connectivity index (χ2n) is 3.88. The number of nitrogens with two attached hydrogens (primary N) is 1. The molecular formula is C12H15FN2. The van der Waals surface area contributed by atoms with Crippen LogP contribution in [0.25, 0.3) is 10.9 Å². The van der Waals surface area contributed by atoms with Gasteiger partial charge in [-0.3, -0.25) is 0 Å². The standard InChI is InChI=1S/C12H15FN2/c1-8-5-10(13)7-12-11(8)6-9(2)15(12)4-3-14/h5-7H,3-4,14H2,1-2H3. The molecule has 0 spiro atoms. The molecule has 15 heavy (non-hydrogen) atoms. The number of aromatic nitrogens is 1. The molecule has 80 valence electrons. The van der Waals surface area contributed by atoms with Crippen molar-refractivity contribution in [2.24, 2.45) is 5.73 Å². The summed E-state index contributed by atoms with van der Waals surface area (Å²) < 4.78 is 15.3. The molecule has 2 nitrogen and oxygen atoms in total. The van der Waals surface area contributed by atoms with Crippen molar-refractivity contribution in [2.75, 3.05) is 6.54 Å². The zero-order valence-electron chi connectivity index (χ0n) is 9.05. The molecule has 0 saturated heterocycles. The van der Waals surface area contributed by atoms with Gasteiger partial charge in [-0.1, -0.05) is 0 Å². The molecule has 2 aromatic rings. The van der Waals surface area contributed by atoms with Crippen molar-refractivity contribution in [3.8, 4) is 0 Å². The van der Waals surface area contributed by atoms with Gasteiger partial charge in [-0.2, -0.15) is 0 Å². The van der Waals surface area contributed by atoms with Gasteiger partial charge in [0, 0.05) is 24.2 Å². The molecule has 0 aliphatic carbocycles. The first-order valence-electron chi connectivity index (χ1n) is 5.09. The van der Waals surface area contributed by atoms with Crippen molar-refractivity contribution in [1.29, 1.82) is 0 Å². The van der Waals surface area contributed by atoms with E-state index in [-0.39, 0.29) is 5.82 Å². The Bertz CT molecular complexity index is 500. The number of halogens is 1. The maximum Gasteiger partial charge on any atom is 0.125 e. The summed E-state index contributed by atoms with van der Waals surface area (Å²) in [5.41, 5.74) is 8.59. The van der Waals surface area contributed by atoms with Gasteiger partial charge in [0.15, 0.2) is 0 Å². The highest BCUT2D eigenvalue weighted by molar-refractivity contribution is 5.84. The molecule has 1 aromatic carbocycles. The third-order valence-corrected chi connectivity index (χ3v) is 2.75. The zero-order valence-corrected chi connectivity index (χ0v) is 9.05. The van der Waals surface area contributed by atoms with E-state index >= 15 is 0 Å². The summed E-state index contributed by atoms with van der Waals surface area (Å²) in [4.78, 5) is 0. The van der Waals surface area contributed by atoms with Gasteiger partial charge < -0.3 is 10.3 Å². The first kappa shape index (κ1) is 10.2. The fourth-order valence-corrected chi connectivity index (χ4v) is 2.05. The molecule has 0 radical (unpaired) electrons. The molecule has 0 bridgehead atoms. The van der Waals surface area contributed by atoms with E-state index in [1.807, 2.05) is 13.8 Å². The molecule has 0 aliphatic rings. The number of rotatable bonds is 2. The molecule has 0 amide bonds. The fourth-order valence-electron chi connectivity index (χ4n) is 2.05. The monoisotopic (exact) mass is 206 g/mol. The summed E-state index contributed by atoms with van der Waals surface area (Å²) in [6.45, 7) is 5.25. The molecule has 0 fully saturated rings. The van der Waals surface area contributed by atoms with E-state index in [1.165, 1.54) is 0 Å². The van der Waals surface area contributed by atoms with E-state index in [4.69, 9.17) is 5.73 Å². The molecule has 0 unspecified atom stereocenters. The van der Waals surface area contributed by atoms with Crippen molar-refractivity contribution in [1.82, 2.24) is 4.57 Å². The largest absolute Gasteiger partial charge is 0.344 e. The van der Waals surface area contributed by atoms with E-state index in [0.29, 0.717) is 6.54 Å². The molecule has 3 heteroatoms. The molecule has 0 saturated carbocycles. The normalized spacial score (nSPS) is 11.2. The Morgan fingerprint density at radius 1 is 1.27 bits per heavy atom. The predicted octanol–water partition coefficient (Wildman–Crippen LogP) is 2.36. The Morgan fingerprint density at radius 3 is 2.67 bits per heavy atom. The molecule has 0 atom stereocenters. The number of aryl methyl sites for hydroxylation is 2. The van der Waals surface area contributed by atoms with Crippen LogP contribution in [0.5, 0.6) is 0 Å². The van der Waals surface area contributed by atoms with Crippen molar-refractivity contribution < 1.29 is 4.39 Å². The predicted molar refractivity (Wildman–Crippen MR) is 60.4 cm³/mol. The second kappa shape index (κ2) is 3.66. The first-order valence-corrected chi connectivity index (χ1v) is 5.09. The average molecular weight is 206 g/mol. The van der Waals surface area contributed by atoms with Crippen LogP contribution in [0.2, 0.25) is 0 Å². The molecule has 1 heterocycles. The van der Waals surface area contributed by atoms with Gasteiger partial charge in [0.2, 0.25) is 0 Å². The van der Waals surface area contributed by atoms with Crippen LogP contribution < -0.4 is 5.73 Å². The van der Waals surface area contributed by atoms with Gasteiger partial charge in [-0.25, -0.2) is 4.39 Å². The van der Waals surface area contributed by atoms with E-state index < -0.39 is 0 Å². The van der Waals surface area contributed by atoms with Crippen LogP contribution in [0.3, 0.4) is 0 Å². The average Bonchev–Trinajstić information content (AvgIpc) is 2.46. The molecular weight excluding hydrogens is 191 g/mol. The summed E-state index contributed by atoms with van der Waals surface area (Å²) in [5.74, 6) is -0.184. The highest BCUT2D eigenvalue weighted by Gasteiger charge is 2.08. The van der Waals surface area contributed by atoms with Gasteiger partial charge in [0.05, 0.1) is 5.52 Å². The number of nitrogens with zero attached hydrogens (tertiary/aromatic N) is 1. The molecule has 0 aliphatic heterocycles. The summed E-state index contributed by atoms with van der Waals surface area (Å²) in [7, 11) is 0. The fraction of sp³-hybridized carbons (Fsp3) is 0.333. The van der Waals surface area contributed by atoms with E-state index in [1.54, 1.807) is 12.1 Å². The molecule has 1 aromatic heterocycles. The zero-order chi connectivity index (χ0) is 11.0. The molecule has 2 N–H and O–H groups in total. The Labute approximate surface area is 88.5 Å². The second-order valence-corrected chi connectivity index (χ2v) is 3.88. The van der Waals surface area contributed by atoms with Crippen LogP contribution in [-0.4, -0.2) is 11.1 Å². The maximum atomic E-state index is 13.3. The van der Waals surface area contributed by atoms with Gasteiger partial charge in [-0.15, -0.1) is 0 Å². The van der Waals surface area contributed by atoms with E-state index in [2.05, 4.69) is 10.6 Å². The number of fused-ring (bicyclic) bond motifs is 1. The molecule has 2 rings (SSSR count). The van der Waals surface area contributed by atoms with Crippen molar-refractivity contribution in [3.05, 3.63) is 35.3 Å². The van der Waals surface area contributed by atoms with Crippen molar-refractivity contribution >= 4 is 10.9 Å². The highest BCUT2D eigenvalue weighted by atomic mass is 19.1. The van der Waals surface area contributed by atoms with Crippen LogP contribution in [-0.2, 0) is 6.54 Å². The summed E-state index contributed by atoms with van der Waals surface area (Å²) in [6.07, 6.45) is 0. The number of hydrogen-bond donors (Lipinski definition) is 1. The van der Waals surface area contributed by atoms with Crippen LogP contribution in [0, 0.1) is 19.7 Å². The summed E-state index contributed by atoms with van der Waals surface area (Å²) >= 11 is 0. The lowest BCUT2D eigenvalue weighted by atomic mass is 10.1. The Kier molecular flexibility index (Phi) is 2.49.